The van der Waals surface area contributed by atoms with E-state index in [1.807, 2.05) is 0 Å². The molecular formula is C54H106OSi. The third kappa shape index (κ3) is 46.1. The topological polar surface area (TPSA) is 20.2 Å². The summed E-state index contributed by atoms with van der Waals surface area (Å²) in [5, 5.41) is 0. The summed E-state index contributed by atoms with van der Waals surface area (Å²) in [6.45, 7) is 6.90. The second-order valence-corrected chi connectivity index (χ2v) is 22.2. The Balaban J connectivity index is 4.19. The average molecular weight is 800 g/mol. The van der Waals surface area contributed by atoms with Crippen LogP contribution in [0.25, 0.3) is 0 Å². The summed E-state index contributed by atoms with van der Waals surface area (Å²) in [7, 11) is -2.10. The van der Waals surface area contributed by atoms with Crippen molar-refractivity contribution in [3.8, 4) is 0 Å². The molecule has 0 fully saturated rings. The molecule has 2 heteroatoms. The Kier molecular flexibility index (Phi) is 48.2. The lowest BCUT2D eigenvalue weighted by Crippen LogP contribution is -2.34. The molecule has 1 N–H and O–H groups in total. The summed E-state index contributed by atoms with van der Waals surface area (Å²) in [4.78, 5) is 12.0. The molecule has 0 aliphatic carbocycles. The van der Waals surface area contributed by atoms with E-state index in [0.717, 1.165) is 0 Å². The first kappa shape index (κ1) is 55.4. The molecule has 56 heavy (non-hydrogen) atoms. The van der Waals surface area contributed by atoms with Crippen LogP contribution in [0.1, 0.15) is 290 Å². The molecule has 332 valence electrons. The zero-order valence-corrected chi connectivity index (χ0v) is 40.2. The predicted molar refractivity (Wildman–Crippen MR) is 261 cm³/mol. The van der Waals surface area contributed by atoms with Gasteiger partial charge in [0.2, 0.25) is 0 Å². The Morgan fingerprint density at radius 2 is 0.393 bits per heavy atom. The molecule has 0 heterocycles. The lowest BCUT2D eigenvalue weighted by atomic mass is 10.1. The number of hydrogen-bond acceptors (Lipinski definition) is 1. The van der Waals surface area contributed by atoms with Gasteiger partial charge in [0, 0.05) is 0 Å². The molecule has 0 spiro atoms. The fraction of sp³-hybridized carbons (Fsp3) is 0.889. The Morgan fingerprint density at radius 3 is 0.589 bits per heavy atom. The highest BCUT2D eigenvalue weighted by Gasteiger charge is 2.29. The fourth-order valence-electron chi connectivity index (χ4n) is 8.48. The first-order chi connectivity index (χ1) is 27.7. The summed E-state index contributed by atoms with van der Waals surface area (Å²) in [6.07, 6.45) is 71.9. The van der Waals surface area contributed by atoms with E-state index in [4.69, 9.17) is 0 Å². The SMILES string of the molecule is CCCCCCCC/C=C\CCCCCCCC[Si](O)(CCCCCCCC/C=C\CCCCCCCC)CCCCCCCC/C=C\CCCCCCCC. The minimum Gasteiger partial charge on any atom is -0.432 e. The maximum atomic E-state index is 12.0. The van der Waals surface area contributed by atoms with E-state index in [2.05, 4.69) is 57.2 Å². The second-order valence-electron chi connectivity index (χ2n) is 18.3. The van der Waals surface area contributed by atoms with Gasteiger partial charge >= 0.3 is 0 Å². The van der Waals surface area contributed by atoms with Crippen LogP contribution in [0.5, 0.6) is 0 Å². The molecule has 0 rings (SSSR count). The highest BCUT2D eigenvalue weighted by molar-refractivity contribution is 6.72. The zero-order valence-electron chi connectivity index (χ0n) is 39.2. The Morgan fingerprint density at radius 1 is 0.232 bits per heavy atom. The monoisotopic (exact) mass is 799 g/mol. The number of rotatable bonds is 48. The van der Waals surface area contributed by atoms with Gasteiger partial charge in [-0.3, -0.25) is 0 Å². The van der Waals surface area contributed by atoms with Gasteiger partial charge in [-0.2, -0.15) is 0 Å². The second kappa shape index (κ2) is 48.8. The molecule has 0 aliphatic heterocycles. The van der Waals surface area contributed by atoms with Gasteiger partial charge in [-0.05, 0) is 95.2 Å². The molecule has 0 unspecified atom stereocenters. The van der Waals surface area contributed by atoms with Crippen molar-refractivity contribution < 1.29 is 4.80 Å². The van der Waals surface area contributed by atoms with Crippen molar-refractivity contribution in [2.75, 3.05) is 0 Å². The summed E-state index contributed by atoms with van der Waals surface area (Å²) in [5.74, 6) is 0. The minimum atomic E-state index is -2.10. The highest BCUT2D eigenvalue weighted by Crippen LogP contribution is 2.28. The van der Waals surface area contributed by atoms with Crippen molar-refractivity contribution in [2.45, 2.75) is 309 Å². The molecule has 0 aromatic rings. The molecule has 0 bridgehead atoms. The zero-order chi connectivity index (χ0) is 40.6. The van der Waals surface area contributed by atoms with Crippen LogP contribution < -0.4 is 0 Å². The summed E-state index contributed by atoms with van der Waals surface area (Å²) >= 11 is 0. The lowest BCUT2D eigenvalue weighted by molar-refractivity contribution is 0.494. The van der Waals surface area contributed by atoms with Crippen LogP contribution in [0.3, 0.4) is 0 Å². The maximum absolute atomic E-state index is 12.0. The van der Waals surface area contributed by atoms with E-state index in [-0.39, 0.29) is 0 Å². The van der Waals surface area contributed by atoms with E-state index < -0.39 is 8.32 Å². The van der Waals surface area contributed by atoms with Crippen molar-refractivity contribution in [1.82, 2.24) is 0 Å². The molecule has 0 saturated carbocycles. The predicted octanol–water partition coefficient (Wildman–Crippen LogP) is 20.0. The minimum absolute atomic E-state index is 1.17. The number of allylic oxidation sites excluding steroid dienone is 6. The normalized spacial score (nSPS) is 12.4. The largest absolute Gasteiger partial charge is 0.432 e. The van der Waals surface area contributed by atoms with E-state index >= 15 is 0 Å². The molecule has 0 aliphatic rings. The van der Waals surface area contributed by atoms with E-state index in [1.165, 1.54) is 288 Å². The molecule has 0 aromatic heterocycles. The molecule has 0 saturated heterocycles. The van der Waals surface area contributed by atoms with Gasteiger partial charge in [-0.1, -0.05) is 250 Å². The summed E-state index contributed by atoms with van der Waals surface area (Å²) in [6, 6.07) is 3.51. The summed E-state index contributed by atoms with van der Waals surface area (Å²) < 4.78 is 0. The number of hydrogen-bond donors (Lipinski definition) is 1. The Hall–Kier alpha value is -0.603. The van der Waals surface area contributed by atoms with Crippen LogP contribution in [0.15, 0.2) is 36.5 Å². The van der Waals surface area contributed by atoms with E-state index in [1.54, 1.807) is 0 Å². The van der Waals surface area contributed by atoms with Crippen molar-refractivity contribution in [3.63, 3.8) is 0 Å². The van der Waals surface area contributed by atoms with Crippen LogP contribution in [0.4, 0.5) is 0 Å². The first-order valence-electron chi connectivity index (χ1n) is 26.4. The highest BCUT2D eigenvalue weighted by atomic mass is 28.4. The van der Waals surface area contributed by atoms with E-state index in [9.17, 15) is 4.80 Å². The van der Waals surface area contributed by atoms with Gasteiger partial charge in [-0.15, -0.1) is 0 Å². The lowest BCUT2D eigenvalue weighted by Gasteiger charge is -2.25. The quantitative estimate of drug-likeness (QED) is 0.0369. The van der Waals surface area contributed by atoms with Gasteiger partial charge in [0.05, 0.1) is 0 Å². The summed E-state index contributed by atoms with van der Waals surface area (Å²) in [5.41, 5.74) is 0. The molecule has 0 radical (unpaired) electrons. The third-order valence-electron chi connectivity index (χ3n) is 12.5. The molecule has 1 nitrogen and oxygen atoms in total. The van der Waals surface area contributed by atoms with Gasteiger partial charge in [0.15, 0.2) is 8.32 Å². The standard InChI is InChI=1S/C54H106OSi/c1-4-7-10-13-16-19-22-25-28-31-34-37-40-43-46-49-52-56(55,53-50-47-44-41-38-35-32-29-26-23-20-17-14-11-8-5-2)54-51-48-45-42-39-36-33-30-27-24-21-18-15-12-9-6-3/h25-30,55H,4-24,31-54H2,1-3H3/b28-25-,29-26-,30-27-. The van der Waals surface area contributed by atoms with Crippen LogP contribution in [0.2, 0.25) is 18.1 Å². The maximum Gasteiger partial charge on any atom is 0.188 e. The average Bonchev–Trinajstić information content (AvgIpc) is 3.20. The first-order valence-corrected chi connectivity index (χ1v) is 28.9. The van der Waals surface area contributed by atoms with Crippen LogP contribution in [-0.2, 0) is 0 Å². The van der Waals surface area contributed by atoms with Gasteiger partial charge in [-0.25, -0.2) is 0 Å². The van der Waals surface area contributed by atoms with Crippen molar-refractivity contribution >= 4 is 8.32 Å². The Labute approximate surface area is 356 Å². The molecule has 0 atom stereocenters. The molecule has 0 aromatic carbocycles. The van der Waals surface area contributed by atoms with Gasteiger partial charge in [0.25, 0.3) is 0 Å². The Bertz CT molecular complexity index is 696. The molecular weight excluding hydrogens is 693 g/mol. The van der Waals surface area contributed by atoms with E-state index in [0.29, 0.717) is 0 Å². The fourth-order valence-corrected chi connectivity index (χ4v) is 12.0. The van der Waals surface area contributed by atoms with Crippen LogP contribution in [0, 0.1) is 0 Å². The molecule has 0 amide bonds. The van der Waals surface area contributed by atoms with Gasteiger partial charge < -0.3 is 4.80 Å². The van der Waals surface area contributed by atoms with Crippen LogP contribution in [-0.4, -0.2) is 13.1 Å². The van der Waals surface area contributed by atoms with Crippen LogP contribution >= 0.6 is 0 Å². The van der Waals surface area contributed by atoms with Crippen molar-refractivity contribution in [3.05, 3.63) is 36.5 Å². The third-order valence-corrected chi connectivity index (χ3v) is 16.3. The smallest absolute Gasteiger partial charge is 0.188 e. The van der Waals surface area contributed by atoms with Crippen molar-refractivity contribution in [2.24, 2.45) is 0 Å². The number of unbranched alkanes of at least 4 members (excludes halogenated alkanes) is 36. The van der Waals surface area contributed by atoms with Crippen molar-refractivity contribution in [1.29, 1.82) is 0 Å². The van der Waals surface area contributed by atoms with Gasteiger partial charge in [0.1, 0.15) is 0 Å².